The largest absolute Gasteiger partial charge is 0.350 e. The molecular weight excluding hydrogens is 246 g/mol. The number of nitrogens with one attached hydrogen (secondary N) is 2. The van der Waals surface area contributed by atoms with Crippen LogP contribution in [-0.2, 0) is 13.5 Å². The molecule has 8 nitrogen and oxygen atoms in total. The van der Waals surface area contributed by atoms with E-state index in [1.807, 2.05) is 13.2 Å². The van der Waals surface area contributed by atoms with E-state index in [1.54, 1.807) is 10.9 Å². The highest BCUT2D eigenvalue weighted by Crippen LogP contribution is 2.00. The third kappa shape index (κ3) is 3.49. The minimum atomic E-state index is -0.284. The summed E-state index contributed by atoms with van der Waals surface area (Å²) in [6.07, 6.45) is 7.21. The summed E-state index contributed by atoms with van der Waals surface area (Å²) < 4.78 is 1.72. The van der Waals surface area contributed by atoms with Gasteiger partial charge in [0.2, 0.25) is 0 Å². The molecule has 0 atom stereocenters. The number of aromatic nitrogens is 4. The number of anilines is 1. The van der Waals surface area contributed by atoms with Gasteiger partial charge >= 0.3 is 0 Å². The summed E-state index contributed by atoms with van der Waals surface area (Å²) in [5.41, 5.74) is 3.63. The van der Waals surface area contributed by atoms with Crippen LogP contribution in [0.1, 0.15) is 16.1 Å². The number of nitrogen functional groups attached to an aromatic ring is 1. The Bertz CT molecular complexity index is 566. The van der Waals surface area contributed by atoms with E-state index in [4.69, 9.17) is 5.84 Å². The molecule has 0 aliphatic rings. The van der Waals surface area contributed by atoms with Crippen LogP contribution in [0.3, 0.4) is 0 Å². The maximum atomic E-state index is 11.8. The Balaban J connectivity index is 1.87. The van der Waals surface area contributed by atoms with Crippen molar-refractivity contribution in [3.63, 3.8) is 0 Å². The third-order valence-electron chi connectivity index (χ3n) is 2.47. The zero-order valence-corrected chi connectivity index (χ0v) is 10.5. The van der Waals surface area contributed by atoms with Gasteiger partial charge in [-0.1, -0.05) is 0 Å². The monoisotopic (exact) mass is 261 g/mol. The Kier molecular flexibility index (Phi) is 4.04. The van der Waals surface area contributed by atoms with Crippen molar-refractivity contribution in [2.75, 3.05) is 12.0 Å². The molecule has 0 unspecified atom stereocenters. The highest BCUT2D eigenvalue weighted by atomic mass is 16.1. The topological polar surface area (TPSA) is 111 Å². The summed E-state index contributed by atoms with van der Waals surface area (Å²) >= 11 is 0. The van der Waals surface area contributed by atoms with Gasteiger partial charge in [-0.05, 0) is 12.0 Å². The third-order valence-corrected chi connectivity index (χ3v) is 2.47. The lowest BCUT2D eigenvalue weighted by molar-refractivity contribution is 0.0949. The average molecular weight is 261 g/mol. The van der Waals surface area contributed by atoms with Crippen molar-refractivity contribution in [3.05, 3.63) is 36.0 Å². The molecule has 0 radical (unpaired) electrons. The van der Waals surface area contributed by atoms with Crippen molar-refractivity contribution in [3.8, 4) is 0 Å². The van der Waals surface area contributed by atoms with Crippen LogP contribution in [0, 0.1) is 0 Å². The molecular formula is C11H15N7O. The highest BCUT2D eigenvalue weighted by Gasteiger charge is 2.08. The van der Waals surface area contributed by atoms with Crippen molar-refractivity contribution in [2.45, 2.75) is 6.42 Å². The molecule has 2 aromatic rings. The zero-order valence-electron chi connectivity index (χ0n) is 10.5. The van der Waals surface area contributed by atoms with E-state index in [2.05, 4.69) is 25.8 Å². The van der Waals surface area contributed by atoms with E-state index in [9.17, 15) is 4.79 Å². The molecule has 0 aromatic carbocycles. The van der Waals surface area contributed by atoms with Crippen molar-refractivity contribution in [2.24, 2.45) is 12.9 Å². The smallest absolute Gasteiger partial charge is 0.271 e. The first-order valence-corrected chi connectivity index (χ1v) is 5.73. The van der Waals surface area contributed by atoms with Gasteiger partial charge in [-0.25, -0.2) is 10.8 Å². The second kappa shape index (κ2) is 5.91. The molecule has 0 aliphatic heterocycles. The van der Waals surface area contributed by atoms with Crippen LogP contribution in [0.4, 0.5) is 5.82 Å². The second-order valence-electron chi connectivity index (χ2n) is 3.96. The van der Waals surface area contributed by atoms with Crippen molar-refractivity contribution in [1.29, 1.82) is 0 Å². The standard InChI is InChI=1S/C11H15N7O/c1-18-7-8(4-15-18)2-3-14-11(19)9-5-13-6-10(16-9)17-12/h4-7H,2-3,12H2,1H3,(H,14,19)(H,16,17). The molecule has 4 N–H and O–H groups in total. The molecule has 0 saturated carbocycles. The Labute approximate surface area is 110 Å². The Hall–Kier alpha value is -2.48. The van der Waals surface area contributed by atoms with Gasteiger partial charge in [0.1, 0.15) is 5.69 Å². The van der Waals surface area contributed by atoms with Gasteiger partial charge in [0.25, 0.3) is 5.91 Å². The van der Waals surface area contributed by atoms with Crippen molar-refractivity contribution >= 4 is 11.7 Å². The summed E-state index contributed by atoms with van der Waals surface area (Å²) in [5, 5.41) is 6.82. The molecule has 0 spiro atoms. The van der Waals surface area contributed by atoms with Gasteiger partial charge in [-0.2, -0.15) is 5.10 Å². The number of amides is 1. The summed E-state index contributed by atoms with van der Waals surface area (Å²) in [6.45, 7) is 0.506. The van der Waals surface area contributed by atoms with Crippen LogP contribution in [0.15, 0.2) is 24.8 Å². The van der Waals surface area contributed by atoms with Gasteiger partial charge in [-0.3, -0.25) is 14.5 Å². The number of carbonyl (C=O) groups excluding carboxylic acids is 1. The number of hydrogen-bond acceptors (Lipinski definition) is 6. The molecule has 0 fully saturated rings. The summed E-state index contributed by atoms with van der Waals surface area (Å²) in [4.78, 5) is 19.7. The zero-order chi connectivity index (χ0) is 13.7. The number of aryl methyl sites for hydroxylation is 1. The van der Waals surface area contributed by atoms with Gasteiger partial charge < -0.3 is 10.7 Å². The first-order valence-electron chi connectivity index (χ1n) is 5.73. The Morgan fingerprint density at radius 1 is 1.42 bits per heavy atom. The molecule has 2 heterocycles. The van der Waals surface area contributed by atoms with E-state index < -0.39 is 0 Å². The van der Waals surface area contributed by atoms with E-state index >= 15 is 0 Å². The summed E-state index contributed by atoms with van der Waals surface area (Å²) in [6, 6.07) is 0. The SMILES string of the molecule is Cn1cc(CCNC(=O)c2cncc(NN)n2)cn1. The second-order valence-corrected chi connectivity index (χ2v) is 3.96. The van der Waals surface area contributed by atoms with E-state index in [0.717, 1.165) is 5.56 Å². The van der Waals surface area contributed by atoms with Gasteiger partial charge in [0.05, 0.1) is 18.6 Å². The molecule has 0 bridgehead atoms. The number of carbonyl (C=O) groups is 1. The lowest BCUT2D eigenvalue weighted by atomic mass is 10.2. The molecule has 2 aromatic heterocycles. The Morgan fingerprint density at radius 3 is 2.95 bits per heavy atom. The maximum Gasteiger partial charge on any atom is 0.271 e. The van der Waals surface area contributed by atoms with E-state index in [0.29, 0.717) is 18.8 Å². The number of rotatable bonds is 5. The molecule has 0 saturated heterocycles. The van der Waals surface area contributed by atoms with Crippen LogP contribution in [0.25, 0.3) is 0 Å². The highest BCUT2D eigenvalue weighted by molar-refractivity contribution is 5.92. The number of hydrogen-bond donors (Lipinski definition) is 3. The number of nitrogens with two attached hydrogens (primary N) is 1. The Morgan fingerprint density at radius 2 is 2.26 bits per heavy atom. The maximum absolute atomic E-state index is 11.8. The fourth-order valence-corrected chi connectivity index (χ4v) is 1.56. The predicted molar refractivity (Wildman–Crippen MR) is 69.1 cm³/mol. The predicted octanol–water partition coefficient (Wildman–Crippen LogP) is -0.532. The lowest BCUT2D eigenvalue weighted by Crippen LogP contribution is -2.27. The lowest BCUT2D eigenvalue weighted by Gasteiger charge is -2.04. The average Bonchev–Trinajstić information content (AvgIpc) is 2.84. The van der Waals surface area contributed by atoms with E-state index in [-0.39, 0.29) is 11.6 Å². The van der Waals surface area contributed by atoms with Crippen LogP contribution in [0.2, 0.25) is 0 Å². The van der Waals surface area contributed by atoms with Crippen LogP contribution < -0.4 is 16.6 Å². The van der Waals surface area contributed by atoms with Gasteiger partial charge in [-0.15, -0.1) is 0 Å². The molecule has 8 heteroatoms. The minimum Gasteiger partial charge on any atom is -0.350 e. The molecule has 1 amide bonds. The molecule has 0 aliphatic carbocycles. The fourth-order valence-electron chi connectivity index (χ4n) is 1.56. The van der Waals surface area contributed by atoms with Crippen LogP contribution >= 0.6 is 0 Å². The quantitative estimate of drug-likeness (QED) is 0.493. The molecule has 100 valence electrons. The number of hydrazine groups is 1. The molecule has 2 rings (SSSR count). The molecule has 19 heavy (non-hydrogen) atoms. The summed E-state index contributed by atoms with van der Waals surface area (Å²) in [7, 11) is 1.85. The minimum absolute atomic E-state index is 0.224. The normalized spacial score (nSPS) is 10.2. The number of nitrogens with zero attached hydrogens (tertiary/aromatic N) is 4. The van der Waals surface area contributed by atoms with Gasteiger partial charge in [0, 0.05) is 19.8 Å². The first kappa shape index (κ1) is 13.0. The van der Waals surface area contributed by atoms with Crippen molar-refractivity contribution < 1.29 is 4.79 Å². The first-order chi connectivity index (χ1) is 9.19. The van der Waals surface area contributed by atoms with Crippen LogP contribution in [0.5, 0.6) is 0 Å². The van der Waals surface area contributed by atoms with Crippen molar-refractivity contribution in [1.82, 2.24) is 25.1 Å². The summed E-state index contributed by atoms with van der Waals surface area (Å²) in [5.74, 6) is 5.27. The van der Waals surface area contributed by atoms with Gasteiger partial charge in [0.15, 0.2) is 5.82 Å². The van der Waals surface area contributed by atoms with Crippen LogP contribution in [-0.4, -0.2) is 32.2 Å². The van der Waals surface area contributed by atoms with E-state index in [1.165, 1.54) is 12.4 Å². The fraction of sp³-hybridized carbons (Fsp3) is 0.273.